The number of fused-ring (bicyclic) bond motifs is 1. The quantitative estimate of drug-likeness (QED) is 0.0798. The summed E-state index contributed by atoms with van der Waals surface area (Å²) in [7, 11) is -4.07. The van der Waals surface area contributed by atoms with Crippen LogP contribution in [0.3, 0.4) is 0 Å². The van der Waals surface area contributed by atoms with E-state index in [1.54, 1.807) is 67.2 Å². The Morgan fingerprint density at radius 2 is 1.56 bits per heavy atom. The van der Waals surface area contributed by atoms with E-state index < -0.39 is 27.9 Å². The molecule has 2 N–H and O–H groups in total. The largest absolute Gasteiger partial charge is 0.490 e. The highest BCUT2D eigenvalue weighted by atomic mass is 32.2. The van der Waals surface area contributed by atoms with Gasteiger partial charge >= 0.3 is 5.97 Å². The number of sulfonamides is 1. The second-order valence-electron chi connectivity index (χ2n) is 11.0. The lowest BCUT2D eigenvalue weighted by molar-refractivity contribution is -0.144. The van der Waals surface area contributed by atoms with Crippen LogP contribution < -0.4 is 24.9 Å². The van der Waals surface area contributed by atoms with Crippen LogP contribution in [-0.4, -0.2) is 59.0 Å². The first kappa shape index (κ1) is 36.2. The van der Waals surface area contributed by atoms with Gasteiger partial charge in [-0.25, -0.2) is 8.42 Å². The zero-order chi connectivity index (χ0) is 35.7. The molecule has 50 heavy (non-hydrogen) atoms. The number of aryl methyl sites for hydroxylation is 1. The van der Waals surface area contributed by atoms with Crippen molar-refractivity contribution < 1.29 is 36.6 Å². The minimum Gasteiger partial charge on any atom is -0.490 e. The van der Waals surface area contributed by atoms with Gasteiger partial charge in [0.05, 0.1) is 16.9 Å². The number of carbonyl (C=O) groups is 2. The number of ether oxygens (including phenoxy) is 3. The molecule has 0 aliphatic carbocycles. The summed E-state index contributed by atoms with van der Waals surface area (Å²) in [5.74, 6) is -0.511. The number of amides is 1. The Balaban J connectivity index is 1.19. The first-order valence-electron chi connectivity index (χ1n) is 15.7. The number of benzene rings is 4. The minimum absolute atomic E-state index is 0.0214. The Kier molecular flexibility index (Phi) is 12.0. The van der Waals surface area contributed by atoms with Crippen molar-refractivity contribution in [1.29, 1.82) is 0 Å². The maximum atomic E-state index is 13.4. The van der Waals surface area contributed by atoms with Gasteiger partial charge in [0.1, 0.15) is 30.6 Å². The molecule has 13 heteroatoms. The van der Waals surface area contributed by atoms with Gasteiger partial charge in [-0.2, -0.15) is 4.72 Å². The molecule has 5 aromatic rings. The zero-order valence-electron chi connectivity index (χ0n) is 27.6. The molecule has 0 aliphatic rings. The molecule has 1 amide bonds. The Bertz CT molecular complexity index is 2110. The fourth-order valence-electron chi connectivity index (χ4n) is 4.88. The van der Waals surface area contributed by atoms with Crippen LogP contribution in [0.1, 0.15) is 22.8 Å². The molecule has 5 rings (SSSR count). The summed E-state index contributed by atoms with van der Waals surface area (Å²) in [6, 6.07) is 25.6. The van der Waals surface area contributed by atoms with Crippen LogP contribution >= 0.6 is 11.8 Å². The molecule has 1 unspecified atom stereocenters. The Hall–Kier alpha value is -5.11. The summed E-state index contributed by atoms with van der Waals surface area (Å²) < 4.78 is 51.0. The van der Waals surface area contributed by atoms with Gasteiger partial charge < -0.3 is 23.9 Å². The molecule has 1 heterocycles. The third-order valence-electron chi connectivity index (χ3n) is 7.49. The summed E-state index contributed by atoms with van der Waals surface area (Å²) in [6.07, 6.45) is 1.98. The van der Waals surface area contributed by atoms with Gasteiger partial charge in [0.15, 0.2) is 5.76 Å². The highest BCUT2D eigenvalue weighted by Gasteiger charge is 2.27. The highest BCUT2D eigenvalue weighted by molar-refractivity contribution is 7.98. The normalized spacial score (nSPS) is 11.9. The smallest absolute Gasteiger partial charge is 0.326 e. The number of nitrogens with one attached hydrogen (secondary N) is 2. The Morgan fingerprint density at radius 1 is 0.880 bits per heavy atom. The van der Waals surface area contributed by atoms with Crippen molar-refractivity contribution in [1.82, 2.24) is 10.0 Å². The van der Waals surface area contributed by atoms with Gasteiger partial charge in [-0.05, 0) is 92.9 Å². The molecule has 0 saturated heterocycles. The molecule has 1 aromatic heterocycles. The van der Waals surface area contributed by atoms with Gasteiger partial charge in [-0.3, -0.25) is 14.4 Å². The van der Waals surface area contributed by atoms with Crippen LogP contribution in [0.25, 0.3) is 22.3 Å². The molecule has 0 saturated carbocycles. The topological polar surface area (TPSA) is 150 Å². The SMILES string of the molecule is CCOC(=O)C(CNC(=O)c1ccc(OCCOc2c(-c3ccc(SC)cc3)oc3ccccc3c2=O)cc1)NS(=O)(=O)c1ccc(C)cc1. The van der Waals surface area contributed by atoms with Crippen molar-refractivity contribution in [2.45, 2.75) is 29.7 Å². The van der Waals surface area contributed by atoms with Gasteiger partial charge in [-0.15, -0.1) is 11.8 Å². The summed E-state index contributed by atoms with van der Waals surface area (Å²) in [4.78, 5) is 39.9. The van der Waals surface area contributed by atoms with Crippen LogP contribution in [-0.2, 0) is 19.6 Å². The molecule has 11 nitrogen and oxygen atoms in total. The van der Waals surface area contributed by atoms with Crippen LogP contribution in [0.5, 0.6) is 11.5 Å². The van der Waals surface area contributed by atoms with E-state index in [1.807, 2.05) is 37.4 Å². The Labute approximate surface area is 294 Å². The fraction of sp³-hybridized carbons (Fsp3) is 0.216. The number of carbonyl (C=O) groups excluding carboxylic acids is 2. The van der Waals surface area contributed by atoms with E-state index in [0.29, 0.717) is 28.0 Å². The molecule has 0 spiro atoms. The third kappa shape index (κ3) is 8.91. The van der Waals surface area contributed by atoms with Crippen molar-refractivity contribution in [2.75, 3.05) is 32.6 Å². The zero-order valence-corrected chi connectivity index (χ0v) is 29.3. The summed E-state index contributed by atoms with van der Waals surface area (Å²) >= 11 is 1.61. The number of thioether (sulfide) groups is 1. The van der Waals surface area contributed by atoms with E-state index in [9.17, 15) is 22.8 Å². The highest BCUT2D eigenvalue weighted by Crippen LogP contribution is 2.32. The number of esters is 1. The predicted octanol–water partition coefficient (Wildman–Crippen LogP) is 5.59. The number of hydrogen-bond donors (Lipinski definition) is 2. The fourth-order valence-corrected chi connectivity index (χ4v) is 6.47. The van der Waals surface area contributed by atoms with Crippen LogP contribution in [0, 0.1) is 6.92 Å². The molecule has 0 bridgehead atoms. The molecular weight excluding hydrogens is 681 g/mol. The van der Waals surface area contributed by atoms with Crippen molar-refractivity contribution in [2.24, 2.45) is 0 Å². The van der Waals surface area contributed by atoms with Crippen molar-refractivity contribution in [3.05, 3.63) is 118 Å². The lowest BCUT2D eigenvalue weighted by atomic mass is 10.1. The maximum absolute atomic E-state index is 13.4. The standard InChI is InChI=1S/C37H36N2O9S2/c1-4-45-37(42)31(39-50(43,44)29-19-9-24(2)10-20-29)23-38-36(41)26-11-15-27(16-12-26)46-21-22-47-35-33(40)30-7-5-6-8-32(30)48-34(35)25-13-17-28(49-3)18-14-25/h5-20,31,39H,4,21-23H2,1-3H3,(H,38,41). The maximum Gasteiger partial charge on any atom is 0.326 e. The van der Waals surface area contributed by atoms with Gasteiger partial charge in [0.25, 0.3) is 5.91 Å². The number of rotatable bonds is 15. The summed E-state index contributed by atoms with van der Waals surface area (Å²) in [6.45, 7) is 3.24. The van der Waals surface area contributed by atoms with Crippen molar-refractivity contribution >= 4 is 44.6 Å². The van der Waals surface area contributed by atoms with Gasteiger partial charge in [-0.1, -0.05) is 29.8 Å². The van der Waals surface area contributed by atoms with E-state index in [2.05, 4.69) is 10.0 Å². The second kappa shape index (κ2) is 16.5. The number of para-hydroxylation sites is 1. The lowest BCUT2D eigenvalue weighted by Gasteiger charge is -2.18. The lowest BCUT2D eigenvalue weighted by Crippen LogP contribution is -2.49. The molecule has 260 valence electrons. The molecule has 0 aliphatic heterocycles. The van der Waals surface area contributed by atoms with E-state index >= 15 is 0 Å². The average Bonchev–Trinajstić information content (AvgIpc) is 3.13. The van der Waals surface area contributed by atoms with E-state index in [1.165, 1.54) is 24.3 Å². The second-order valence-corrected chi connectivity index (χ2v) is 13.6. The van der Waals surface area contributed by atoms with Gasteiger partial charge in [0, 0.05) is 22.6 Å². The Morgan fingerprint density at radius 3 is 2.24 bits per heavy atom. The predicted molar refractivity (Wildman–Crippen MR) is 191 cm³/mol. The minimum atomic E-state index is -4.07. The number of hydrogen-bond acceptors (Lipinski definition) is 10. The monoisotopic (exact) mass is 716 g/mol. The first-order chi connectivity index (χ1) is 24.1. The van der Waals surface area contributed by atoms with E-state index in [-0.39, 0.29) is 48.0 Å². The van der Waals surface area contributed by atoms with E-state index in [0.717, 1.165) is 10.5 Å². The molecule has 0 radical (unpaired) electrons. The molecule has 4 aromatic carbocycles. The molecule has 1 atom stereocenters. The van der Waals surface area contributed by atoms with Crippen molar-refractivity contribution in [3.8, 4) is 22.8 Å². The van der Waals surface area contributed by atoms with Crippen LogP contribution in [0.4, 0.5) is 0 Å². The van der Waals surface area contributed by atoms with Crippen LogP contribution in [0.15, 0.2) is 116 Å². The van der Waals surface area contributed by atoms with E-state index in [4.69, 9.17) is 18.6 Å². The van der Waals surface area contributed by atoms with Crippen LogP contribution in [0.2, 0.25) is 0 Å². The molecule has 0 fully saturated rings. The summed E-state index contributed by atoms with van der Waals surface area (Å²) in [5.41, 5.74) is 1.99. The summed E-state index contributed by atoms with van der Waals surface area (Å²) in [5, 5.41) is 2.99. The molecular formula is C37H36N2O9S2. The average molecular weight is 717 g/mol. The third-order valence-corrected chi connectivity index (χ3v) is 9.72. The van der Waals surface area contributed by atoms with Crippen molar-refractivity contribution in [3.63, 3.8) is 0 Å². The first-order valence-corrected chi connectivity index (χ1v) is 18.4. The van der Waals surface area contributed by atoms with Gasteiger partial charge in [0.2, 0.25) is 21.2 Å².